The number of likely N-dealkylation sites (tertiary alicyclic amines) is 1. The quantitative estimate of drug-likeness (QED) is 0.588. The molecule has 0 spiro atoms. The molecule has 1 atom stereocenters. The summed E-state index contributed by atoms with van der Waals surface area (Å²) in [4.78, 5) is 36.3. The summed E-state index contributed by atoms with van der Waals surface area (Å²) >= 11 is 1.54. The Morgan fingerprint density at radius 1 is 1.12 bits per heavy atom. The van der Waals surface area contributed by atoms with Crippen LogP contribution < -0.4 is 10.9 Å². The van der Waals surface area contributed by atoms with Gasteiger partial charge in [0.2, 0.25) is 5.91 Å². The number of piperidine rings is 1. The standard InChI is InChI=1S/C26H33N5O2S/c1-2-22(29-14-9-20(10-15-29)30-13-6-12-27-23(32)18-30)24-28-25-21(11-16-34-25)26(33)31(24)17-19-7-4-3-5-8-19/h3-5,7-8,11,16,20,22H,2,6,9-10,12-15,17-18H2,1H3,(H,27,32). The van der Waals surface area contributed by atoms with Crippen LogP contribution >= 0.6 is 11.3 Å². The number of amides is 1. The van der Waals surface area contributed by atoms with Crippen LogP contribution in [-0.2, 0) is 11.3 Å². The van der Waals surface area contributed by atoms with E-state index >= 15 is 0 Å². The van der Waals surface area contributed by atoms with Crippen LogP contribution in [0.15, 0.2) is 46.6 Å². The Morgan fingerprint density at radius 3 is 2.68 bits per heavy atom. The van der Waals surface area contributed by atoms with Gasteiger partial charge in [-0.15, -0.1) is 11.3 Å². The molecule has 1 amide bonds. The first kappa shape index (κ1) is 23.2. The van der Waals surface area contributed by atoms with Crippen LogP contribution in [-0.4, -0.2) is 64.0 Å². The lowest BCUT2D eigenvalue weighted by molar-refractivity contribution is -0.122. The van der Waals surface area contributed by atoms with E-state index in [-0.39, 0.29) is 17.5 Å². The average molecular weight is 480 g/mol. The lowest BCUT2D eigenvalue weighted by atomic mass is 9.99. The lowest BCUT2D eigenvalue weighted by Gasteiger charge is -2.41. The fraction of sp³-hybridized carbons (Fsp3) is 0.500. The van der Waals surface area contributed by atoms with Crippen LogP contribution in [0.5, 0.6) is 0 Å². The molecule has 2 aliphatic heterocycles. The minimum absolute atomic E-state index is 0.0500. The number of hydrogen-bond acceptors (Lipinski definition) is 6. The summed E-state index contributed by atoms with van der Waals surface area (Å²) in [5.74, 6) is 1.02. The molecule has 1 unspecified atom stereocenters. The first-order chi connectivity index (χ1) is 16.6. The highest BCUT2D eigenvalue weighted by Crippen LogP contribution is 2.29. The van der Waals surface area contributed by atoms with Gasteiger partial charge in [-0.05, 0) is 42.7 Å². The predicted octanol–water partition coefficient (Wildman–Crippen LogP) is 3.24. The molecule has 0 bridgehead atoms. The van der Waals surface area contributed by atoms with Gasteiger partial charge in [0.25, 0.3) is 5.56 Å². The lowest BCUT2D eigenvalue weighted by Crippen LogP contribution is -2.48. The summed E-state index contributed by atoms with van der Waals surface area (Å²) in [5, 5.41) is 5.65. The van der Waals surface area contributed by atoms with Crippen molar-refractivity contribution >= 4 is 27.5 Å². The number of aromatic nitrogens is 2. The van der Waals surface area contributed by atoms with E-state index in [0.717, 1.165) is 68.1 Å². The fourth-order valence-electron chi connectivity index (χ4n) is 5.45. The first-order valence-electron chi connectivity index (χ1n) is 12.4. The largest absolute Gasteiger partial charge is 0.355 e. The second-order valence-corrected chi connectivity index (χ2v) is 10.2. The molecule has 2 saturated heterocycles. The van der Waals surface area contributed by atoms with Crippen LogP contribution in [0.3, 0.4) is 0 Å². The maximum atomic E-state index is 13.5. The summed E-state index contributed by atoms with van der Waals surface area (Å²) in [6.45, 7) is 6.89. The second kappa shape index (κ2) is 10.4. The Balaban J connectivity index is 1.40. The minimum Gasteiger partial charge on any atom is -0.355 e. The van der Waals surface area contributed by atoms with Gasteiger partial charge in [0.1, 0.15) is 10.7 Å². The molecule has 34 heavy (non-hydrogen) atoms. The molecule has 1 N–H and O–H groups in total. The van der Waals surface area contributed by atoms with Gasteiger partial charge in [-0.2, -0.15) is 0 Å². The number of carbonyl (C=O) groups is 1. The molecule has 0 aliphatic carbocycles. The molecule has 1 aromatic carbocycles. The van der Waals surface area contributed by atoms with Gasteiger partial charge in [-0.3, -0.25) is 24.0 Å². The molecule has 3 aromatic rings. The second-order valence-electron chi connectivity index (χ2n) is 9.35. The number of benzene rings is 1. The molecule has 2 fully saturated rings. The number of hydrogen-bond donors (Lipinski definition) is 1. The molecule has 180 valence electrons. The van der Waals surface area contributed by atoms with E-state index in [0.29, 0.717) is 24.5 Å². The van der Waals surface area contributed by atoms with Crippen molar-refractivity contribution in [2.75, 3.05) is 32.7 Å². The third-order valence-electron chi connectivity index (χ3n) is 7.23. The summed E-state index contributed by atoms with van der Waals surface area (Å²) in [7, 11) is 0. The summed E-state index contributed by atoms with van der Waals surface area (Å²) < 4.78 is 1.89. The van der Waals surface area contributed by atoms with Crippen LogP contribution in [0.25, 0.3) is 10.2 Å². The predicted molar refractivity (Wildman–Crippen MR) is 136 cm³/mol. The number of nitrogens with zero attached hydrogens (tertiary/aromatic N) is 4. The molecule has 4 heterocycles. The molecular formula is C26H33N5O2S. The highest BCUT2D eigenvalue weighted by molar-refractivity contribution is 7.16. The van der Waals surface area contributed by atoms with E-state index in [1.807, 2.05) is 34.2 Å². The maximum absolute atomic E-state index is 13.5. The highest BCUT2D eigenvalue weighted by atomic mass is 32.1. The Labute approximate surface area is 204 Å². The van der Waals surface area contributed by atoms with E-state index in [9.17, 15) is 9.59 Å². The zero-order valence-corrected chi connectivity index (χ0v) is 20.6. The molecule has 5 rings (SSSR count). The van der Waals surface area contributed by atoms with E-state index in [1.165, 1.54) is 11.3 Å². The molecule has 2 aliphatic rings. The van der Waals surface area contributed by atoms with Gasteiger partial charge in [-0.1, -0.05) is 37.3 Å². The highest BCUT2D eigenvalue weighted by Gasteiger charge is 2.32. The Bertz CT molecular complexity index is 1180. The number of rotatable bonds is 6. The third kappa shape index (κ3) is 4.80. The molecule has 0 saturated carbocycles. The van der Waals surface area contributed by atoms with E-state index < -0.39 is 0 Å². The van der Waals surface area contributed by atoms with Crippen molar-refractivity contribution in [1.29, 1.82) is 0 Å². The van der Waals surface area contributed by atoms with Crippen LogP contribution in [0.2, 0.25) is 0 Å². The Hall–Kier alpha value is -2.55. The van der Waals surface area contributed by atoms with Crippen LogP contribution in [0.4, 0.5) is 0 Å². The monoisotopic (exact) mass is 479 g/mol. The number of thiophene rings is 1. The topological polar surface area (TPSA) is 70.5 Å². The van der Waals surface area contributed by atoms with Crippen LogP contribution in [0, 0.1) is 0 Å². The fourth-order valence-corrected chi connectivity index (χ4v) is 6.21. The molecular weight excluding hydrogens is 446 g/mol. The SMILES string of the molecule is CCC(c1nc2sccc2c(=O)n1Cc1ccccc1)N1CCC(N2CCCNC(=O)C2)CC1. The Morgan fingerprint density at radius 2 is 1.91 bits per heavy atom. The summed E-state index contributed by atoms with van der Waals surface area (Å²) in [6.07, 6.45) is 3.98. The van der Waals surface area contributed by atoms with E-state index in [2.05, 4.69) is 34.2 Å². The molecule has 2 aromatic heterocycles. The summed E-state index contributed by atoms with van der Waals surface area (Å²) in [5.41, 5.74) is 1.16. The maximum Gasteiger partial charge on any atom is 0.262 e. The van der Waals surface area contributed by atoms with Gasteiger partial charge in [0.15, 0.2) is 0 Å². The summed E-state index contributed by atoms with van der Waals surface area (Å²) in [6, 6.07) is 12.6. The van der Waals surface area contributed by atoms with Gasteiger partial charge in [0.05, 0.1) is 24.5 Å². The zero-order chi connectivity index (χ0) is 23.5. The molecule has 0 radical (unpaired) electrons. The van der Waals surface area contributed by atoms with Crippen molar-refractivity contribution in [3.63, 3.8) is 0 Å². The molecule has 7 nitrogen and oxygen atoms in total. The normalized spacial score (nSPS) is 19.7. The van der Waals surface area contributed by atoms with E-state index in [1.54, 1.807) is 0 Å². The first-order valence-corrected chi connectivity index (χ1v) is 13.3. The van der Waals surface area contributed by atoms with Crippen molar-refractivity contribution in [3.05, 3.63) is 63.5 Å². The number of carbonyl (C=O) groups excluding carboxylic acids is 1. The zero-order valence-electron chi connectivity index (χ0n) is 19.8. The van der Waals surface area contributed by atoms with Gasteiger partial charge < -0.3 is 5.32 Å². The van der Waals surface area contributed by atoms with E-state index in [4.69, 9.17) is 4.98 Å². The molecule has 8 heteroatoms. The van der Waals surface area contributed by atoms with Crippen molar-refractivity contribution < 1.29 is 4.79 Å². The van der Waals surface area contributed by atoms with Crippen molar-refractivity contribution in [1.82, 2.24) is 24.7 Å². The van der Waals surface area contributed by atoms with Crippen molar-refractivity contribution in [2.24, 2.45) is 0 Å². The van der Waals surface area contributed by atoms with Gasteiger partial charge in [0, 0.05) is 32.2 Å². The third-order valence-corrected chi connectivity index (χ3v) is 8.04. The van der Waals surface area contributed by atoms with Gasteiger partial charge >= 0.3 is 0 Å². The van der Waals surface area contributed by atoms with Crippen molar-refractivity contribution in [3.8, 4) is 0 Å². The number of fused-ring (bicyclic) bond motifs is 1. The minimum atomic E-state index is 0.0500. The van der Waals surface area contributed by atoms with Crippen LogP contribution in [0.1, 0.15) is 50.0 Å². The van der Waals surface area contributed by atoms with Crippen molar-refractivity contribution in [2.45, 2.75) is 51.2 Å². The average Bonchev–Trinajstić information content (AvgIpc) is 3.23. The Kier molecular flexibility index (Phi) is 7.08. The smallest absolute Gasteiger partial charge is 0.262 e. The number of nitrogens with one attached hydrogen (secondary N) is 1. The van der Waals surface area contributed by atoms with Gasteiger partial charge in [-0.25, -0.2) is 4.98 Å².